The first-order valence-electron chi connectivity index (χ1n) is 3.73. The van der Waals surface area contributed by atoms with Crippen molar-refractivity contribution in [2.75, 3.05) is 6.61 Å². The summed E-state index contributed by atoms with van der Waals surface area (Å²) in [5, 5.41) is 9.03. The molecule has 3 heteroatoms. The van der Waals surface area contributed by atoms with Crippen molar-refractivity contribution in [2.24, 2.45) is 0 Å². The average molecular weight is 163 g/mol. The molecule has 0 saturated carbocycles. The fourth-order valence-corrected chi connectivity index (χ4v) is 1.10. The number of aromatic hydroxyl groups is 1. The van der Waals surface area contributed by atoms with Gasteiger partial charge in [0, 0.05) is 0 Å². The first kappa shape index (κ1) is 7.18. The van der Waals surface area contributed by atoms with Crippen molar-refractivity contribution in [3.05, 3.63) is 35.9 Å². The maximum Gasteiger partial charge on any atom is 0.115 e. The zero-order chi connectivity index (χ0) is 8.39. The Balaban J connectivity index is 2.28. The second-order valence-electron chi connectivity index (χ2n) is 2.58. The van der Waals surface area contributed by atoms with Crippen molar-refractivity contribution in [3.63, 3.8) is 0 Å². The minimum absolute atomic E-state index is 0.276. The highest BCUT2D eigenvalue weighted by Gasteiger charge is 2.05. The third-order valence-corrected chi connectivity index (χ3v) is 1.73. The van der Waals surface area contributed by atoms with E-state index in [0.29, 0.717) is 6.61 Å². The predicted octanol–water partition coefficient (Wildman–Crippen LogP) is 1.27. The van der Waals surface area contributed by atoms with Crippen LogP contribution in [0.25, 0.3) is 5.70 Å². The first-order chi connectivity index (χ1) is 5.86. The van der Waals surface area contributed by atoms with Gasteiger partial charge in [-0.2, -0.15) is 0 Å². The molecule has 0 radical (unpaired) electrons. The molecule has 2 N–H and O–H groups in total. The van der Waals surface area contributed by atoms with Gasteiger partial charge in [-0.1, -0.05) is 0 Å². The lowest BCUT2D eigenvalue weighted by Gasteiger charge is -2.02. The normalized spacial score (nSPS) is 15.5. The molecule has 0 unspecified atom stereocenters. The fraction of sp³-hybridized carbons (Fsp3) is 0.111. The lowest BCUT2D eigenvalue weighted by atomic mass is 10.1. The Labute approximate surface area is 70.2 Å². The van der Waals surface area contributed by atoms with Gasteiger partial charge in [0.05, 0.1) is 12.3 Å². The van der Waals surface area contributed by atoms with Crippen molar-refractivity contribution in [1.29, 1.82) is 0 Å². The number of hydrogen-bond acceptors (Lipinski definition) is 3. The first-order valence-corrected chi connectivity index (χ1v) is 3.73. The van der Waals surface area contributed by atoms with E-state index >= 15 is 0 Å². The number of benzene rings is 1. The third-order valence-electron chi connectivity index (χ3n) is 1.73. The van der Waals surface area contributed by atoms with Gasteiger partial charge in [0.1, 0.15) is 5.75 Å². The summed E-state index contributed by atoms with van der Waals surface area (Å²) in [6.45, 7) is 0.593. The van der Waals surface area contributed by atoms with Gasteiger partial charge in [0.15, 0.2) is 0 Å². The minimum atomic E-state index is 0.276. The molecule has 12 heavy (non-hydrogen) atoms. The van der Waals surface area contributed by atoms with E-state index in [4.69, 9.17) is 9.94 Å². The van der Waals surface area contributed by atoms with E-state index in [0.717, 1.165) is 11.3 Å². The molecule has 0 fully saturated rings. The van der Waals surface area contributed by atoms with E-state index in [1.54, 1.807) is 12.1 Å². The van der Waals surface area contributed by atoms with E-state index in [1.807, 2.05) is 18.2 Å². The Kier molecular flexibility index (Phi) is 1.72. The van der Waals surface area contributed by atoms with Crippen molar-refractivity contribution < 1.29 is 9.94 Å². The van der Waals surface area contributed by atoms with E-state index < -0.39 is 0 Å². The van der Waals surface area contributed by atoms with Crippen LogP contribution in [-0.4, -0.2) is 11.7 Å². The lowest BCUT2D eigenvalue weighted by Crippen LogP contribution is -2.04. The molecule has 1 aromatic rings. The number of hydrogen-bond donors (Lipinski definition) is 2. The van der Waals surface area contributed by atoms with Crippen LogP contribution in [0.3, 0.4) is 0 Å². The highest BCUT2D eigenvalue weighted by atomic mass is 16.6. The number of hydroxylamine groups is 1. The zero-order valence-electron chi connectivity index (χ0n) is 6.45. The Morgan fingerprint density at radius 3 is 2.58 bits per heavy atom. The molecule has 0 bridgehead atoms. The molecule has 2 rings (SSSR count). The Hall–Kier alpha value is -1.48. The molecule has 0 saturated heterocycles. The molecule has 0 aliphatic carbocycles. The number of nitrogens with one attached hydrogen (secondary N) is 1. The summed E-state index contributed by atoms with van der Waals surface area (Å²) in [7, 11) is 0. The molecule has 0 spiro atoms. The van der Waals surface area contributed by atoms with Crippen LogP contribution < -0.4 is 5.48 Å². The minimum Gasteiger partial charge on any atom is -0.508 e. The second-order valence-corrected chi connectivity index (χ2v) is 2.58. The van der Waals surface area contributed by atoms with Gasteiger partial charge in [0.25, 0.3) is 0 Å². The molecule has 0 amide bonds. The number of phenols is 1. The molecule has 3 nitrogen and oxygen atoms in total. The van der Waals surface area contributed by atoms with Crippen LogP contribution in [0.15, 0.2) is 30.3 Å². The van der Waals surface area contributed by atoms with Crippen molar-refractivity contribution in [3.8, 4) is 5.75 Å². The molecular formula is C9H9NO2. The monoisotopic (exact) mass is 163 g/mol. The smallest absolute Gasteiger partial charge is 0.115 e. The number of phenolic OH excluding ortho intramolecular Hbond substituents is 1. The summed E-state index contributed by atoms with van der Waals surface area (Å²) in [6.07, 6.45) is 1.95. The molecule has 1 heterocycles. The summed E-state index contributed by atoms with van der Waals surface area (Å²) in [5.74, 6) is 0.276. The topological polar surface area (TPSA) is 41.5 Å². The van der Waals surface area contributed by atoms with Crippen LogP contribution >= 0.6 is 0 Å². The van der Waals surface area contributed by atoms with Crippen LogP contribution in [0.1, 0.15) is 5.56 Å². The highest BCUT2D eigenvalue weighted by molar-refractivity contribution is 5.64. The lowest BCUT2D eigenvalue weighted by molar-refractivity contribution is 0.121. The van der Waals surface area contributed by atoms with E-state index in [1.165, 1.54) is 0 Å². The standard InChI is InChI=1S/C9H9NO2/c11-8-3-1-7(2-4-8)9-5-6-12-10-9/h1-5,10-11H,6H2. The second kappa shape index (κ2) is 2.87. The average Bonchev–Trinajstić information content (AvgIpc) is 2.58. The van der Waals surface area contributed by atoms with E-state index in [9.17, 15) is 0 Å². The molecule has 62 valence electrons. The van der Waals surface area contributed by atoms with Gasteiger partial charge in [-0.05, 0) is 35.9 Å². The molecule has 1 aliphatic rings. The van der Waals surface area contributed by atoms with Gasteiger partial charge in [-0.3, -0.25) is 10.3 Å². The molecular weight excluding hydrogens is 154 g/mol. The summed E-state index contributed by atoms with van der Waals surface area (Å²) in [6, 6.07) is 6.97. The Morgan fingerprint density at radius 1 is 1.25 bits per heavy atom. The maximum atomic E-state index is 9.03. The van der Waals surface area contributed by atoms with Gasteiger partial charge >= 0.3 is 0 Å². The van der Waals surface area contributed by atoms with E-state index in [2.05, 4.69) is 5.48 Å². The maximum absolute atomic E-state index is 9.03. The Morgan fingerprint density at radius 2 is 2.00 bits per heavy atom. The van der Waals surface area contributed by atoms with Crippen molar-refractivity contribution in [2.45, 2.75) is 0 Å². The molecule has 0 atom stereocenters. The molecule has 0 aromatic heterocycles. The zero-order valence-corrected chi connectivity index (χ0v) is 6.45. The summed E-state index contributed by atoms with van der Waals surface area (Å²) >= 11 is 0. The van der Waals surface area contributed by atoms with E-state index in [-0.39, 0.29) is 5.75 Å². The van der Waals surface area contributed by atoms with Crippen LogP contribution in [0, 0.1) is 0 Å². The highest BCUT2D eigenvalue weighted by Crippen LogP contribution is 2.17. The van der Waals surface area contributed by atoms with Gasteiger partial charge in [-0.25, -0.2) is 0 Å². The van der Waals surface area contributed by atoms with Gasteiger partial charge in [-0.15, -0.1) is 0 Å². The fourth-order valence-electron chi connectivity index (χ4n) is 1.10. The summed E-state index contributed by atoms with van der Waals surface area (Å²) < 4.78 is 0. The largest absolute Gasteiger partial charge is 0.508 e. The third kappa shape index (κ3) is 1.26. The van der Waals surface area contributed by atoms with Crippen molar-refractivity contribution in [1.82, 2.24) is 5.48 Å². The van der Waals surface area contributed by atoms with Crippen LogP contribution in [-0.2, 0) is 4.84 Å². The van der Waals surface area contributed by atoms with Crippen LogP contribution in [0.5, 0.6) is 5.75 Å². The summed E-state index contributed by atoms with van der Waals surface area (Å²) in [4.78, 5) is 4.94. The summed E-state index contributed by atoms with van der Waals surface area (Å²) in [5.41, 5.74) is 4.74. The SMILES string of the molecule is Oc1ccc(C2=CCON2)cc1. The number of rotatable bonds is 1. The predicted molar refractivity (Wildman–Crippen MR) is 45.2 cm³/mol. The van der Waals surface area contributed by atoms with Crippen molar-refractivity contribution >= 4 is 5.70 Å². The molecule has 1 aliphatic heterocycles. The quantitative estimate of drug-likeness (QED) is 0.655. The molecule has 1 aromatic carbocycles. The van der Waals surface area contributed by atoms with Crippen LogP contribution in [0.4, 0.5) is 0 Å². The van der Waals surface area contributed by atoms with Crippen LogP contribution in [0.2, 0.25) is 0 Å². The van der Waals surface area contributed by atoms with Gasteiger partial charge < -0.3 is 5.11 Å². The van der Waals surface area contributed by atoms with Gasteiger partial charge in [0.2, 0.25) is 0 Å². The Bertz CT molecular complexity index is 303.